The van der Waals surface area contributed by atoms with Gasteiger partial charge in [0.25, 0.3) is 0 Å². The zero-order valence-corrected chi connectivity index (χ0v) is 13.6. The molecule has 1 aromatic carbocycles. The van der Waals surface area contributed by atoms with E-state index >= 15 is 0 Å². The maximum atomic E-state index is 5.57. The summed E-state index contributed by atoms with van der Waals surface area (Å²) in [7, 11) is 0. The Balaban J connectivity index is 1.75. The third-order valence-corrected chi connectivity index (χ3v) is 4.51. The molecule has 2 heterocycles. The molecule has 5 heteroatoms. The molecule has 1 N–H and O–H groups in total. The summed E-state index contributed by atoms with van der Waals surface area (Å²) in [6, 6.07) is 12.6. The zero-order chi connectivity index (χ0) is 14.1. The summed E-state index contributed by atoms with van der Waals surface area (Å²) >= 11 is 9.05. The Morgan fingerprint density at radius 1 is 1.30 bits per heavy atom. The standard InChI is InChI=1S/C15H16BrN3S/c1-11-14-6-3-7-18(14)8-9-19(11)15(20)17-13-5-2-4-12(16)10-13/h2-7,10-11H,8-9H2,1H3,(H,17,20)/t11-/m0/s1. The number of hydrogen-bond donors (Lipinski definition) is 1. The van der Waals surface area contributed by atoms with E-state index in [9.17, 15) is 0 Å². The van der Waals surface area contributed by atoms with E-state index in [0.717, 1.165) is 28.4 Å². The van der Waals surface area contributed by atoms with Crippen molar-refractivity contribution in [1.82, 2.24) is 9.47 Å². The van der Waals surface area contributed by atoms with Gasteiger partial charge >= 0.3 is 0 Å². The molecular formula is C15H16BrN3S. The smallest absolute Gasteiger partial charge is 0.174 e. The molecule has 0 saturated heterocycles. The molecule has 0 spiro atoms. The molecular weight excluding hydrogens is 334 g/mol. The minimum absolute atomic E-state index is 0.297. The molecule has 3 rings (SSSR count). The fourth-order valence-electron chi connectivity index (χ4n) is 2.62. The number of nitrogens with zero attached hydrogens (tertiary/aromatic N) is 2. The van der Waals surface area contributed by atoms with Crippen LogP contribution in [-0.2, 0) is 6.54 Å². The number of rotatable bonds is 1. The molecule has 0 unspecified atom stereocenters. The van der Waals surface area contributed by atoms with Crippen LogP contribution >= 0.6 is 28.1 Å². The normalized spacial score (nSPS) is 17.7. The highest BCUT2D eigenvalue weighted by Crippen LogP contribution is 2.26. The van der Waals surface area contributed by atoms with Crippen LogP contribution < -0.4 is 5.32 Å². The lowest BCUT2D eigenvalue weighted by Gasteiger charge is -2.36. The quantitative estimate of drug-likeness (QED) is 0.785. The van der Waals surface area contributed by atoms with Crippen LogP contribution in [0.25, 0.3) is 0 Å². The Hall–Kier alpha value is -1.33. The lowest BCUT2D eigenvalue weighted by molar-refractivity contribution is 0.276. The summed E-state index contributed by atoms with van der Waals surface area (Å²) in [4.78, 5) is 2.24. The Bertz CT molecular complexity index is 638. The van der Waals surface area contributed by atoms with Crippen molar-refractivity contribution in [1.29, 1.82) is 0 Å². The number of hydrogen-bond acceptors (Lipinski definition) is 1. The Morgan fingerprint density at radius 2 is 2.15 bits per heavy atom. The molecule has 104 valence electrons. The second kappa shape index (κ2) is 5.58. The number of anilines is 1. The SMILES string of the molecule is C[C@H]1c2cccn2CCN1C(=S)Nc1cccc(Br)c1. The number of thiocarbonyl (C=S) groups is 1. The van der Waals surface area contributed by atoms with Crippen molar-refractivity contribution in [2.24, 2.45) is 0 Å². The summed E-state index contributed by atoms with van der Waals surface area (Å²) in [6.45, 7) is 4.11. The first kappa shape index (κ1) is 13.6. The molecule has 1 aliphatic heterocycles. The van der Waals surface area contributed by atoms with Gasteiger partial charge in [-0.25, -0.2) is 0 Å². The van der Waals surface area contributed by atoms with Crippen molar-refractivity contribution < 1.29 is 0 Å². The molecule has 3 nitrogen and oxygen atoms in total. The summed E-state index contributed by atoms with van der Waals surface area (Å²) < 4.78 is 3.34. The van der Waals surface area contributed by atoms with Crippen molar-refractivity contribution in [3.05, 3.63) is 52.8 Å². The van der Waals surface area contributed by atoms with Crippen molar-refractivity contribution in [3.8, 4) is 0 Å². The van der Waals surface area contributed by atoms with Crippen LogP contribution in [0, 0.1) is 0 Å². The molecule has 2 aromatic rings. The van der Waals surface area contributed by atoms with E-state index in [2.05, 4.69) is 56.0 Å². The molecule has 20 heavy (non-hydrogen) atoms. The van der Waals surface area contributed by atoms with Crippen molar-refractivity contribution in [2.75, 3.05) is 11.9 Å². The minimum Gasteiger partial charge on any atom is -0.348 e. The molecule has 0 fully saturated rings. The van der Waals surface area contributed by atoms with E-state index < -0.39 is 0 Å². The van der Waals surface area contributed by atoms with Crippen LogP contribution in [0.5, 0.6) is 0 Å². The topological polar surface area (TPSA) is 20.2 Å². The predicted molar refractivity (Wildman–Crippen MR) is 89.9 cm³/mol. The van der Waals surface area contributed by atoms with Crippen molar-refractivity contribution in [3.63, 3.8) is 0 Å². The number of benzene rings is 1. The summed E-state index contributed by atoms with van der Waals surface area (Å²) in [5.74, 6) is 0. The molecule has 0 radical (unpaired) electrons. The maximum Gasteiger partial charge on any atom is 0.174 e. The third-order valence-electron chi connectivity index (χ3n) is 3.68. The molecule has 0 saturated carbocycles. The molecule has 1 atom stereocenters. The van der Waals surface area contributed by atoms with Crippen LogP contribution in [0.1, 0.15) is 18.7 Å². The Kier molecular flexibility index (Phi) is 3.81. The van der Waals surface area contributed by atoms with E-state index in [1.807, 2.05) is 24.3 Å². The van der Waals surface area contributed by atoms with Gasteiger partial charge in [0, 0.05) is 35.1 Å². The van der Waals surface area contributed by atoms with Gasteiger partial charge in [0.15, 0.2) is 5.11 Å². The molecule has 0 amide bonds. The highest BCUT2D eigenvalue weighted by Gasteiger charge is 2.25. The van der Waals surface area contributed by atoms with Gasteiger partial charge in [-0.2, -0.15) is 0 Å². The van der Waals surface area contributed by atoms with E-state index in [1.54, 1.807) is 0 Å². The lowest BCUT2D eigenvalue weighted by Crippen LogP contribution is -2.42. The van der Waals surface area contributed by atoms with Gasteiger partial charge in [-0.1, -0.05) is 22.0 Å². The molecule has 1 aromatic heterocycles. The third kappa shape index (κ3) is 2.60. The van der Waals surface area contributed by atoms with Gasteiger partial charge in [0.05, 0.1) is 6.04 Å². The van der Waals surface area contributed by atoms with Crippen LogP contribution in [0.2, 0.25) is 0 Å². The number of halogens is 1. The van der Waals surface area contributed by atoms with Crippen LogP contribution in [0.4, 0.5) is 5.69 Å². The molecule has 1 aliphatic rings. The number of nitrogens with one attached hydrogen (secondary N) is 1. The molecule has 0 bridgehead atoms. The van der Waals surface area contributed by atoms with E-state index in [-0.39, 0.29) is 0 Å². The van der Waals surface area contributed by atoms with Gasteiger partial charge in [0.1, 0.15) is 0 Å². The maximum absolute atomic E-state index is 5.57. The van der Waals surface area contributed by atoms with E-state index in [0.29, 0.717) is 6.04 Å². The second-order valence-corrected chi connectivity index (χ2v) is 6.24. The predicted octanol–water partition coefficient (Wildman–Crippen LogP) is 4.02. The second-order valence-electron chi connectivity index (χ2n) is 4.94. The summed E-state index contributed by atoms with van der Waals surface area (Å²) in [6.07, 6.45) is 2.13. The van der Waals surface area contributed by atoms with Crippen LogP contribution in [0.15, 0.2) is 47.1 Å². The Labute approximate surface area is 132 Å². The fourth-order valence-corrected chi connectivity index (χ4v) is 3.38. The van der Waals surface area contributed by atoms with Crippen molar-refractivity contribution in [2.45, 2.75) is 19.5 Å². The summed E-state index contributed by atoms with van der Waals surface area (Å²) in [5, 5.41) is 4.10. The van der Waals surface area contributed by atoms with Crippen LogP contribution in [-0.4, -0.2) is 21.1 Å². The Morgan fingerprint density at radius 3 is 2.95 bits per heavy atom. The van der Waals surface area contributed by atoms with Gasteiger partial charge in [-0.15, -0.1) is 0 Å². The van der Waals surface area contributed by atoms with Gasteiger partial charge in [-0.3, -0.25) is 0 Å². The number of aromatic nitrogens is 1. The highest BCUT2D eigenvalue weighted by molar-refractivity contribution is 9.10. The minimum atomic E-state index is 0.297. The van der Waals surface area contributed by atoms with Crippen LogP contribution in [0.3, 0.4) is 0 Å². The first-order valence-corrected chi connectivity index (χ1v) is 7.83. The van der Waals surface area contributed by atoms with Gasteiger partial charge in [-0.05, 0) is 49.5 Å². The number of fused-ring (bicyclic) bond motifs is 1. The first-order valence-electron chi connectivity index (χ1n) is 6.63. The monoisotopic (exact) mass is 349 g/mol. The van der Waals surface area contributed by atoms with Gasteiger partial charge in [0.2, 0.25) is 0 Å². The highest BCUT2D eigenvalue weighted by atomic mass is 79.9. The average molecular weight is 350 g/mol. The van der Waals surface area contributed by atoms with E-state index in [1.165, 1.54) is 5.69 Å². The largest absolute Gasteiger partial charge is 0.348 e. The molecule has 0 aliphatic carbocycles. The fraction of sp³-hybridized carbons (Fsp3) is 0.267. The first-order chi connectivity index (χ1) is 9.65. The van der Waals surface area contributed by atoms with Gasteiger partial charge < -0.3 is 14.8 Å². The van der Waals surface area contributed by atoms with Crippen molar-refractivity contribution >= 4 is 38.9 Å². The average Bonchev–Trinajstić information content (AvgIpc) is 2.88. The van der Waals surface area contributed by atoms with E-state index in [4.69, 9.17) is 12.2 Å². The summed E-state index contributed by atoms with van der Waals surface area (Å²) in [5.41, 5.74) is 2.33. The lowest BCUT2D eigenvalue weighted by atomic mass is 10.1. The zero-order valence-electron chi connectivity index (χ0n) is 11.2.